The van der Waals surface area contributed by atoms with E-state index in [9.17, 15) is 0 Å². The van der Waals surface area contributed by atoms with Crippen LogP contribution in [0.4, 0.5) is 0 Å². The van der Waals surface area contributed by atoms with Crippen LogP contribution >= 0.6 is 64.8 Å². The van der Waals surface area contributed by atoms with Gasteiger partial charge in [-0.05, 0) is 37.0 Å². The number of allylic oxidation sites excluding steroid dienone is 1. The lowest BCUT2D eigenvalue weighted by Crippen LogP contribution is -2.36. The number of fused-ring (bicyclic) bond motifs is 1. The average molecular weight is 381 g/mol. The summed E-state index contributed by atoms with van der Waals surface area (Å²) in [7, 11) is 13.0. The Labute approximate surface area is 146 Å². The average Bonchev–Trinajstić information content (AvgIpc) is 2.68. The van der Waals surface area contributed by atoms with Crippen molar-refractivity contribution in [2.75, 3.05) is 23.0 Å². The zero-order chi connectivity index (χ0) is 13.6. The van der Waals surface area contributed by atoms with E-state index in [2.05, 4.69) is 71.7 Å². The van der Waals surface area contributed by atoms with Gasteiger partial charge in [0, 0.05) is 23.0 Å². The quantitative estimate of drug-likeness (QED) is 0.359. The predicted octanol–water partition coefficient (Wildman–Crippen LogP) is 6.22. The van der Waals surface area contributed by atoms with Crippen molar-refractivity contribution >= 4 is 64.8 Å². The van der Waals surface area contributed by atoms with E-state index in [1.54, 1.807) is 0 Å². The van der Waals surface area contributed by atoms with Gasteiger partial charge in [0.25, 0.3) is 0 Å². The monoisotopic (exact) mass is 380 g/mol. The second-order valence-electron chi connectivity index (χ2n) is 6.24. The van der Waals surface area contributed by atoms with Crippen LogP contribution in [-0.2, 0) is 0 Å². The first-order chi connectivity index (χ1) is 9.77. The van der Waals surface area contributed by atoms with Crippen LogP contribution in [0.15, 0.2) is 11.1 Å². The van der Waals surface area contributed by atoms with Crippen LogP contribution in [0.5, 0.6) is 0 Å². The molecule has 3 saturated heterocycles. The molecule has 1 spiro atoms. The maximum absolute atomic E-state index is 2.51. The van der Waals surface area contributed by atoms with Crippen molar-refractivity contribution in [3.63, 3.8) is 0 Å². The van der Waals surface area contributed by atoms with Crippen molar-refractivity contribution in [3.05, 3.63) is 11.1 Å². The molecule has 0 saturated carbocycles. The first-order valence-corrected chi connectivity index (χ1v) is 14.5. The Morgan fingerprint density at radius 3 is 2.90 bits per heavy atom. The number of hydrogen-bond acceptors (Lipinski definition) is 6. The molecule has 0 N–H and O–H groups in total. The lowest BCUT2D eigenvalue weighted by atomic mass is 9.72. The third-order valence-corrected chi connectivity index (χ3v) is 14.5. The predicted molar refractivity (Wildman–Crippen MR) is 105 cm³/mol. The van der Waals surface area contributed by atoms with E-state index < -0.39 is 0 Å². The molecule has 112 valence electrons. The van der Waals surface area contributed by atoms with Gasteiger partial charge in [0.1, 0.15) is 0 Å². The molecule has 1 aliphatic carbocycles. The van der Waals surface area contributed by atoms with E-state index >= 15 is 0 Å². The lowest BCUT2D eigenvalue weighted by molar-refractivity contribution is 0.291. The van der Waals surface area contributed by atoms with Crippen molar-refractivity contribution < 1.29 is 0 Å². The number of rotatable bonds is 0. The molecule has 3 aliphatic heterocycles. The molecule has 0 aromatic rings. The Bertz CT molecular complexity index is 422. The van der Waals surface area contributed by atoms with E-state index in [0.29, 0.717) is 4.08 Å². The molecule has 3 heterocycles. The molecule has 4 atom stereocenters. The molecule has 3 bridgehead atoms. The Balaban J connectivity index is 1.78. The van der Waals surface area contributed by atoms with Gasteiger partial charge >= 0.3 is 0 Å². The maximum atomic E-state index is 2.51. The van der Waals surface area contributed by atoms with Crippen LogP contribution in [0.2, 0.25) is 0 Å². The number of hydrogen-bond donors (Lipinski definition) is 0. The molecule has 0 aromatic heterocycles. The minimum atomic E-state index is 0.501. The van der Waals surface area contributed by atoms with Gasteiger partial charge in [-0.25, -0.2) is 0 Å². The van der Waals surface area contributed by atoms with Crippen LogP contribution in [-0.4, -0.2) is 27.1 Å². The van der Waals surface area contributed by atoms with Crippen molar-refractivity contribution in [1.29, 1.82) is 0 Å². The smallest absolute Gasteiger partial charge is 0.0860 e. The Morgan fingerprint density at radius 2 is 1.95 bits per heavy atom. The third-order valence-electron chi connectivity index (χ3n) is 4.96. The van der Waals surface area contributed by atoms with Gasteiger partial charge in [0.15, 0.2) is 0 Å². The highest BCUT2D eigenvalue weighted by atomic mass is 33.1. The molecule has 0 aromatic carbocycles. The van der Waals surface area contributed by atoms with E-state index in [4.69, 9.17) is 0 Å². The summed E-state index contributed by atoms with van der Waals surface area (Å²) < 4.78 is 0.501. The molecular weight excluding hydrogens is 361 g/mol. The lowest BCUT2D eigenvalue weighted by Gasteiger charge is -2.42. The zero-order valence-electron chi connectivity index (χ0n) is 11.6. The Hall–Kier alpha value is 1.84. The molecule has 0 amide bonds. The fourth-order valence-electron chi connectivity index (χ4n) is 3.84. The fourth-order valence-corrected chi connectivity index (χ4v) is 14.4. The molecule has 4 rings (SSSR count). The Morgan fingerprint density at radius 1 is 1.05 bits per heavy atom. The van der Waals surface area contributed by atoms with E-state index in [1.807, 2.05) is 11.1 Å². The summed E-state index contributed by atoms with van der Waals surface area (Å²) in [6.07, 6.45) is 4.19. The van der Waals surface area contributed by atoms with Gasteiger partial charge in [-0.15, -0.1) is 0 Å². The topological polar surface area (TPSA) is 0 Å². The van der Waals surface area contributed by atoms with Crippen molar-refractivity contribution in [3.8, 4) is 0 Å². The van der Waals surface area contributed by atoms with Gasteiger partial charge in [-0.2, -0.15) is 0 Å². The van der Waals surface area contributed by atoms with Crippen LogP contribution < -0.4 is 0 Å². The summed E-state index contributed by atoms with van der Waals surface area (Å²) in [5.74, 6) is 8.10. The summed E-state index contributed by atoms with van der Waals surface area (Å²) in [6.45, 7) is 2.51. The molecule has 4 aliphatic rings. The largest absolute Gasteiger partial charge is 0.0935 e. The van der Waals surface area contributed by atoms with E-state index in [1.165, 1.54) is 42.3 Å². The molecule has 6 heteroatoms. The van der Waals surface area contributed by atoms with E-state index in [0.717, 1.165) is 17.8 Å². The summed E-state index contributed by atoms with van der Waals surface area (Å²) in [5, 5.41) is 0. The first-order valence-electron chi connectivity index (χ1n) is 7.34. The van der Waals surface area contributed by atoms with Gasteiger partial charge < -0.3 is 0 Å². The minimum Gasteiger partial charge on any atom is -0.0935 e. The van der Waals surface area contributed by atoms with Crippen molar-refractivity contribution in [2.24, 2.45) is 17.8 Å². The normalized spacial score (nSPS) is 45.1. The van der Waals surface area contributed by atoms with Crippen LogP contribution in [0.1, 0.15) is 26.2 Å². The molecule has 0 radical (unpaired) electrons. The first kappa shape index (κ1) is 15.4. The molecular formula is C14H20S6. The van der Waals surface area contributed by atoms with Crippen molar-refractivity contribution in [1.82, 2.24) is 0 Å². The minimum absolute atomic E-state index is 0.501. The van der Waals surface area contributed by atoms with Crippen LogP contribution in [0, 0.1) is 17.8 Å². The molecule has 0 nitrogen and oxygen atoms in total. The second-order valence-corrected chi connectivity index (χ2v) is 14.5. The van der Waals surface area contributed by atoms with Gasteiger partial charge in [0.05, 0.1) is 4.08 Å². The second kappa shape index (κ2) is 6.39. The summed E-state index contributed by atoms with van der Waals surface area (Å²) in [5.41, 5.74) is 3.75. The van der Waals surface area contributed by atoms with Crippen LogP contribution in [0.25, 0.3) is 0 Å². The highest BCUT2D eigenvalue weighted by Gasteiger charge is 2.48. The molecule has 4 unspecified atom stereocenters. The summed E-state index contributed by atoms with van der Waals surface area (Å²) in [4.78, 5) is 0. The van der Waals surface area contributed by atoms with Crippen molar-refractivity contribution in [2.45, 2.75) is 30.3 Å². The zero-order valence-corrected chi connectivity index (χ0v) is 16.5. The van der Waals surface area contributed by atoms with E-state index in [-0.39, 0.29) is 0 Å². The SMILES string of the molecule is CC1CSSCC2=C3CCSSC4(C3)CC2C1CSS4. The Kier molecular flexibility index (Phi) is 4.91. The summed E-state index contributed by atoms with van der Waals surface area (Å²) in [6, 6.07) is 0. The fraction of sp³-hybridized carbons (Fsp3) is 0.857. The van der Waals surface area contributed by atoms with Crippen LogP contribution in [0.3, 0.4) is 0 Å². The standard InChI is InChI=1S/C14H20S6/c1-9-6-16-17-8-13-10-2-3-15-19-14(4-10)5-11(13)12(9)7-18-20-14/h9,11-12H,2-8H2,1H3. The highest BCUT2D eigenvalue weighted by molar-refractivity contribution is 8.86. The van der Waals surface area contributed by atoms with Gasteiger partial charge in [-0.3, -0.25) is 0 Å². The molecule has 20 heavy (non-hydrogen) atoms. The van der Waals surface area contributed by atoms with Gasteiger partial charge in [-0.1, -0.05) is 82.8 Å². The summed E-state index contributed by atoms with van der Waals surface area (Å²) >= 11 is 0. The molecule has 3 fully saturated rings. The van der Waals surface area contributed by atoms with Gasteiger partial charge in [0.2, 0.25) is 0 Å². The maximum Gasteiger partial charge on any atom is 0.0860 e. The highest BCUT2D eigenvalue weighted by Crippen LogP contribution is 2.65. The third kappa shape index (κ3) is 2.83.